The average Bonchev–Trinajstić information content (AvgIpc) is 3.23. The van der Waals surface area contributed by atoms with Crippen LogP contribution in [0.3, 0.4) is 0 Å². The highest BCUT2D eigenvalue weighted by molar-refractivity contribution is 5.91. The Morgan fingerprint density at radius 1 is 1.26 bits per heavy atom. The van der Waals surface area contributed by atoms with Gasteiger partial charge in [0.1, 0.15) is 5.41 Å². The zero-order chi connectivity index (χ0) is 19.7. The minimum atomic E-state index is -1.20. The molecule has 27 heavy (non-hydrogen) atoms. The van der Waals surface area contributed by atoms with Crippen molar-refractivity contribution in [3.8, 4) is 0 Å². The van der Waals surface area contributed by atoms with E-state index in [0.717, 1.165) is 12.8 Å². The van der Waals surface area contributed by atoms with Crippen LogP contribution in [-0.2, 0) is 19.3 Å². The van der Waals surface area contributed by atoms with Gasteiger partial charge in [0.15, 0.2) is 17.2 Å². The Balaban J connectivity index is 1.97. The Kier molecular flexibility index (Phi) is 5.33. The molecule has 1 aromatic heterocycles. The van der Waals surface area contributed by atoms with Crippen LogP contribution in [0.5, 0.6) is 0 Å². The number of ether oxygens (including phenoxy) is 1. The Labute approximate surface area is 159 Å². The van der Waals surface area contributed by atoms with Gasteiger partial charge in [0.25, 0.3) is 0 Å². The van der Waals surface area contributed by atoms with E-state index in [-0.39, 0.29) is 18.3 Å². The second kappa shape index (κ2) is 7.26. The summed E-state index contributed by atoms with van der Waals surface area (Å²) < 4.78 is 10.6. The fourth-order valence-electron chi connectivity index (χ4n) is 4.11. The van der Waals surface area contributed by atoms with Gasteiger partial charge in [0.2, 0.25) is 0 Å². The number of nitrogens with one attached hydrogen (secondary N) is 1. The predicted molar refractivity (Wildman–Crippen MR) is 94.8 cm³/mol. The van der Waals surface area contributed by atoms with Gasteiger partial charge >= 0.3 is 11.9 Å². The van der Waals surface area contributed by atoms with Crippen LogP contribution in [0.15, 0.2) is 22.8 Å². The van der Waals surface area contributed by atoms with Gasteiger partial charge in [-0.25, -0.2) is 9.78 Å². The summed E-state index contributed by atoms with van der Waals surface area (Å²) in [6, 6.07) is 3.21. The zero-order valence-electron chi connectivity index (χ0n) is 16.4. The van der Waals surface area contributed by atoms with Crippen LogP contribution < -0.4 is 5.43 Å². The van der Waals surface area contributed by atoms with Crippen LogP contribution in [0.1, 0.15) is 70.4 Å². The number of esters is 1. The molecule has 3 unspecified atom stereocenters. The van der Waals surface area contributed by atoms with E-state index in [4.69, 9.17) is 18.9 Å². The highest BCUT2D eigenvalue weighted by atomic mass is 17.2. The van der Waals surface area contributed by atoms with E-state index in [0.29, 0.717) is 19.3 Å². The third-order valence-electron chi connectivity index (χ3n) is 5.77. The largest absolute Gasteiger partial charge is 0.465 e. The Hall–Kier alpha value is -1.90. The molecule has 0 aromatic carbocycles. The molecule has 1 aromatic rings. The molecule has 0 spiro atoms. The number of hydrogen-bond donors (Lipinski definition) is 1. The SMILES string of the molecule is CCCCC1(C(=O)OCC)CCC2(C)OOC1(C)N2NC(=O)c1ccco1. The second-order valence-electron chi connectivity index (χ2n) is 7.48. The molecular formula is C19H28N2O6. The number of hydrazine groups is 1. The molecule has 2 bridgehead atoms. The molecule has 0 radical (unpaired) electrons. The lowest BCUT2D eigenvalue weighted by Crippen LogP contribution is -2.71. The van der Waals surface area contributed by atoms with Gasteiger partial charge in [-0.15, -0.1) is 0 Å². The number of carbonyl (C=O) groups excluding carboxylic acids is 2. The Morgan fingerprint density at radius 3 is 2.67 bits per heavy atom. The second-order valence-corrected chi connectivity index (χ2v) is 7.48. The number of rotatable bonds is 7. The minimum absolute atomic E-state index is 0.169. The van der Waals surface area contributed by atoms with Crippen molar-refractivity contribution in [1.29, 1.82) is 0 Å². The van der Waals surface area contributed by atoms with Gasteiger partial charge in [-0.1, -0.05) is 19.8 Å². The summed E-state index contributed by atoms with van der Waals surface area (Å²) >= 11 is 0. The first-order chi connectivity index (χ1) is 12.8. The van der Waals surface area contributed by atoms with E-state index in [1.54, 1.807) is 31.0 Å². The fourth-order valence-corrected chi connectivity index (χ4v) is 4.11. The summed E-state index contributed by atoms with van der Waals surface area (Å²) in [6.45, 7) is 7.72. The summed E-state index contributed by atoms with van der Waals surface area (Å²) in [5, 5.41) is 1.61. The summed E-state index contributed by atoms with van der Waals surface area (Å²) in [4.78, 5) is 37.1. The molecule has 3 rings (SSSR count). The smallest absolute Gasteiger partial charge is 0.316 e. The number of fused-ring (bicyclic) bond motifs is 2. The summed E-state index contributed by atoms with van der Waals surface area (Å²) in [7, 11) is 0. The van der Waals surface area contributed by atoms with Crippen LogP contribution in [0.4, 0.5) is 0 Å². The number of amides is 1. The monoisotopic (exact) mass is 380 g/mol. The van der Waals surface area contributed by atoms with Crippen molar-refractivity contribution in [3.05, 3.63) is 24.2 Å². The number of furan rings is 1. The maximum absolute atomic E-state index is 13.1. The Morgan fingerprint density at radius 2 is 2.04 bits per heavy atom. The van der Waals surface area contributed by atoms with Crippen LogP contribution in [0.25, 0.3) is 0 Å². The van der Waals surface area contributed by atoms with Gasteiger partial charge < -0.3 is 9.15 Å². The van der Waals surface area contributed by atoms with Gasteiger partial charge in [-0.05, 0) is 52.2 Å². The van der Waals surface area contributed by atoms with Crippen molar-refractivity contribution in [2.75, 3.05) is 6.61 Å². The molecule has 2 saturated heterocycles. The van der Waals surface area contributed by atoms with Gasteiger partial charge in [-0.3, -0.25) is 15.0 Å². The fraction of sp³-hybridized carbons (Fsp3) is 0.684. The van der Waals surface area contributed by atoms with E-state index in [2.05, 4.69) is 12.3 Å². The van der Waals surface area contributed by atoms with Gasteiger partial charge in [-0.2, -0.15) is 5.01 Å². The number of nitrogens with zero attached hydrogens (tertiary/aromatic N) is 1. The molecule has 8 heteroatoms. The molecule has 1 N–H and O–H groups in total. The first kappa shape index (κ1) is 19.9. The first-order valence-corrected chi connectivity index (χ1v) is 9.52. The first-order valence-electron chi connectivity index (χ1n) is 9.52. The molecule has 3 heterocycles. The standard InChI is InChI=1S/C19H28N2O6/c1-5-7-10-19(16(23)24-6-2)12-11-17(3)21(18(19,4)27-26-17)20-15(22)14-9-8-13-25-14/h8-9,13H,5-7,10-12H2,1-4H3,(H,20,22). The van der Waals surface area contributed by atoms with Crippen LogP contribution in [-0.4, -0.2) is 34.9 Å². The van der Waals surface area contributed by atoms with E-state index in [1.807, 2.05) is 6.92 Å². The lowest BCUT2D eigenvalue weighted by atomic mass is 9.66. The molecular weight excluding hydrogens is 352 g/mol. The summed E-state index contributed by atoms with van der Waals surface area (Å²) in [6.07, 6.45) is 4.81. The molecule has 8 nitrogen and oxygen atoms in total. The maximum atomic E-state index is 13.1. The van der Waals surface area contributed by atoms with Crippen molar-refractivity contribution >= 4 is 11.9 Å². The molecule has 2 aliphatic rings. The minimum Gasteiger partial charge on any atom is -0.465 e. The lowest BCUT2D eigenvalue weighted by molar-refractivity contribution is -0.351. The molecule has 2 fully saturated rings. The predicted octanol–water partition coefficient (Wildman–Crippen LogP) is 3.15. The number of hydrogen-bond acceptors (Lipinski definition) is 7. The van der Waals surface area contributed by atoms with E-state index in [9.17, 15) is 9.59 Å². The van der Waals surface area contributed by atoms with E-state index in [1.165, 1.54) is 6.26 Å². The number of carbonyl (C=O) groups is 2. The van der Waals surface area contributed by atoms with E-state index < -0.39 is 22.8 Å². The quantitative estimate of drug-likeness (QED) is 0.574. The highest BCUT2D eigenvalue weighted by Gasteiger charge is 2.71. The molecule has 3 atom stereocenters. The molecule has 2 aliphatic heterocycles. The Bertz CT molecular complexity index is 692. The van der Waals surface area contributed by atoms with Crippen molar-refractivity contribution < 1.29 is 28.5 Å². The summed E-state index contributed by atoms with van der Waals surface area (Å²) in [5.41, 5.74) is -0.212. The number of piperidine rings is 1. The highest BCUT2D eigenvalue weighted by Crippen LogP contribution is 2.57. The third-order valence-corrected chi connectivity index (χ3v) is 5.77. The van der Waals surface area contributed by atoms with Crippen molar-refractivity contribution in [2.24, 2.45) is 5.41 Å². The summed E-state index contributed by atoms with van der Waals surface area (Å²) in [5.74, 6) is -0.588. The molecule has 0 saturated carbocycles. The van der Waals surface area contributed by atoms with Crippen molar-refractivity contribution in [2.45, 2.75) is 71.2 Å². The molecule has 1 amide bonds. The van der Waals surface area contributed by atoms with Crippen molar-refractivity contribution in [1.82, 2.24) is 10.4 Å². The average molecular weight is 380 g/mol. The van der Waals surface area contributed by atoms with Gasteiger partial charge in [0.05, 0.1) is 12.9 Å². The number of unbranched alkanes of at least 4 members (excludes halogenated alkanes) is 1. The van der Waals surface area contributed by atoms with Crippen LogP contribution >= 0.6 is 0 Å². The molecule has 0 aliphatic carbocycles. The lowest BCUT2D eigenvalue weighted by Gasteiger charge is -2.52. The van der Waals surface area contributed by atoms with E-state index >= 15 is 0 Å². The normalized spacial score (nSPS) is 33.0. The molecule has 150 valence electrons. The van der Waals surface area contributed by atoms with Crippen LogP contribution in [0.2, 0.25) is 0 Å². The maximum Gasteiger partial charge on any atom is 0.316 e. The van der Waals surface area contributed by atoms with Crippen molar-refractivity contribution in [3.63, 3.8) is 0 Å². The third kappa shape index (κ3) is 3.05. The van der Waals surface area contributed by atoms with Gasteiger partial charge in [0, 0.05) is 0 Å². The van der Waals surface area contributed by atoms with Crippen LogP contribution in [0, 0.1) is 5.41 Å². The zero-order valence-corrected chi connectivity index (χ0v) is 16.4. The topological polar surface area (TPSA) is 90.2 Å².